The predicted octanol–water partition coefficient (Wildman–Crippen LogP) is 6.90. The van der Waals surface area contributed by atoms with E-state index in [1.807, 2.05) is 13.0 Å². The number of fused-ring (bicyclic) bond motifs is 5. The molecule has 8 rings (SSSR count). The quantitative estimate of drug-likeness (QED) is 0.145. The molecule has 14 nitrogen and oxygen atoms in total. The van der Waals surface area contributed by atoms with Crippen LogP contribution in [0, 0.1) is 12.8 Å². The maximum absolute atomic E-state index is 16.7. The third-order valence-electron chi connectivity index (χ3n) is 9.61. The highest BCUT2D eigenvalue weighted by Crippen LogP contribution is 2.67. The molecule has 2 aliphatic heterocycles. The van der Waals surface area contributed by atoms with Crippen molar-refractivity contribution in [3.63, 3.8) is 0 Å². The van der Waals surface area contributed by atoms with Crippen molar-refractivity contribution < 1.29 is 27.2 Å². The number of ether oxygens (including phenoxy) is 1. The van der Waals surface area contributed by atoms with Gasteiger partial charge in [0.1, 0.15) is 24.1 Å². The van der Waals surface area contributed by atoms with Crippen LogP contribution >= 0.6 is 58.2 Å². The van der Waals surface area contributed by atoms with E-state index >= 15 is 4.39 Å². The Labute approximate surface area is 331 Å². The molecule has 2 bridgehead atoms. The largest absolute Gasteiger partial charge is 0.346 e. The first-order chi connectivity index (χ1) is 25.2. The summed E-state index contributed by atoms with van der Waals surface area (Å²) in [6.45, 7) is 3.51. The van der Waals surface area contributed by atoms with E-state index in [9.17, 15) is 4.79 Å². The topological polar surface area (TPSA) is 142 Å². The summed E-state index contributed by atoms with van der Waals surface area (Å²) in [7, 11) is 1.61. The first-order valence-corrected chi connectivity index (χ1v) is 25.0. The van der Waals surface area contributed by atoms with Gasteiger partial charge in [0.05, 0.1) is 49.5 Å². The van der Waals surface area contributed by atoms with Gasteiger partial charge < -0.3 is 32.0 Å². The van der Waals surface area contributed by atoms with Gasteiger partial charge in [-0.2, -0.15) is 0 Å². The van der Waals surface area contributed by atoms with Crippen LogP contribution in [0.1, 0.15) is 36.9 Å². The Kier molecular flexibility index (Phi) is 10.7. The van der Waals surface area contributed by atoms with E-state index in [1.165, 1.54) is 39.5 Å². The van der Waals surface area contributed by atoms with E-state index in [0.717, 1.165) is 5.56 Å². The van der Waals surface area contributed by atoms with Crippen LogP contribution in [0.15, 0.2) is 48.3 Å². The Hall–Kier alpha value is -1.57. The number of halogens is 3. The summed E-state index contributed by atoms with van der Waals surface area (Å²) >= 11 is 30.8. The van der Waals surface area contributed by atoms with Crippen molar-refractivity contribution in [2.45, 2.75) is 68.9 Å². The number of aromatic nitrogens is 8. The molecule has 53 heavy (non-hydrogen) atoms. The number of nitrogens with zero attached hydrogens (tertiary/aromatic N) is 8. The monoisotopic (exact) mass is 878 g/mol. The van der Waals surface area contributed by atoms with Crippen molar-refractivity contribution in [2.24, 2.45) is 13.0 Å². The number of thiol groups is 1. The number of benzene rings is 1. The molecule has 0 spiro atoms. The van der Waals surface area contributed by atoms with Gasteiger partial charge in [-0.15, -0.1) is 0 Å². The smallest absolute Gasteiger partial charge is 0.281 e. The highest BCUT2D eigenvalue weighted by molar-refractivity contribution is 8.67. The van der Waals surface area contributed by atoms with Gasteiger partial charge in [-0.25, -0.2) is 29.3 Å². The molecule has 5 aromatic rings. The average Bonchev–Trinajstić information content (AvgIpc) is 3.87. The lowest BCUT2D eigenvalue weighted by Gasteiger charge is -2.34. The second-order valence-corrected chi connectivity index (χ2v) is 25.2. The van der Waals surface area contributed by atoms with Gasteiger partial charge in [0.25, 0.3) is 5.56 Å². The molecule has 282 valence electrons. The minimum Gasteiger partial charge on any atom is -0.346 e. The summed E-state index contributed by atoms with van der Waals surface area (Å²) in [5.74, 6) is -0.0287. The molecule has 10 atom stereocenters. The van der Waals surface area contributed by atoms with E-state index in [2.05, 4.69) is 37.2 Å². The normalized spacial score (nSPS) is 33.6. The fourth-order valence-electron chi connectivity index (χ4n) is 6.84. The number of hydrogen-bond acceptors (Lipinski definition) is 14. The molecular formula is C30H31Cl2FN8O6P2S4. The first kappa shape index (κ1) is 38.3. The van der Waals surface area contributed by atoms with Gasteiger partial charge in [0, 0.05) is 28.8 Å². The molecule has 6 heterocycles. The van der Waals surface area contributed by atoms with Crippen molar-refractivity contribution >= 4 is 104 Å². The van der Waals surface area contributed by atoms with Gasteiger partial charge in [0.15, 0.2) is 29.2 Å². The molecule has 1 saturated carbocycles. The third-order valence-corrected chi connectivity index (χ3v) is 17.5. The summed E-state index contributed by atoms with van der Waals surface area (Å²) in [6, 6.07) is 4.73. The average molecular weight is 880 g/mol. The SMILES string of the molecule is Cc1ncnc2c1ncn2[C@@H]1O[C@@H]2COP(=S)(SCc3ccc(Cl)cc3Cl)O[C@@H]3[C@H](C)[C@H](C[C@H]3n3cnc4c(=O)n(C)cnc43)OP(=S)(S)O[C@H]2[C@H]1F. The highest BCUT2D eigenvalue weighted by Gasteiger charge is 2.53. The number of imidazole rings is 2. The molecule has 1 aromatic carbocycles. The van der Waals surface area contributed by atoms with Crippen molar-refractivity contribution in [3.8, 4) is 0 Å². The van der Waals surface area contributed by atoms with Crippen LogP contribution in [0.4, 0.5) is 4.39 Å². The summed E-state index contributed by atoms with van der Waals surface area (Å²) in [5, 5.41) is 0.951. The first-order valence-electron chi connectivity index (χ1n) is 16.2. The van der Waals surface area contributed by atoms with Crippen molar-refractivity contribution in [1.29, 1.82) is 0 Å². The summed E-state index contributed by atoms with van der Waals surface area (Å²) in [6.07, 6.45) is -0.271. The van der Waals surface area contributed by atoms with Crippen LogP contribution < -0.4 is 5.56 Å². The molecule has 23 heteroatoms. The number of hydrogen-bond donors (Lipinski definition) is 1. The molecule has 3 aliphatic rings. The van der Waals surface area contributed by atoms with Gasteiger partial charge in [-0.3, -0.25) is 9.36 Å². The standard InChI is InChI=1S/C30H31Cl2FN8O6P2S4/c1-14-20-7-19(40-12-37-24-28(40)38-11-39(3)29(24)42)25(14)47-49(52,53-9-16-4-5-17(31)6-18(16)32)43-8-21-26(46-48(50,51)45-20)22(33)30(44-21)41-13-36-23-15(2)34-10-35-27(23)41/h4-6,10-14,19-22,25-26,30H,7-9H2,1-3H3,(H,50,51)/t14-,19-,20+,21-,22-,25-,26-,30-,49?/m1/s1. The van der Waals surface area contributed by atoms with Crippen molar-refractivity contribution in [1.82, 2.24) is 38.6 Å². The molecule has 2 unspecified atom stereocenters. The van der Waals surface area contributed by atoms with Gasteiger partial charge in [-0.05, 0) is 54.7 Å². The lowest BCUT2D eigenvalue weighted by Crippen LogP contribution is -2.35. The van der Waals surface area contributed by atoms with Gasteiger partial charge >= 0.3 is 0 Å². The number of rotatable bonds is 5. The van der Waals surface area contributed by atoms with Crippen LogP contribution in [0.5, 0.6) is 0 Å². The minimum atomic E-state index is -3.44. The van der Waals surface area contributed by atoms with E-state index < -0.39 is 54.2 Å². The zero-order chi connectivity index (χ0) is 37.4. The Morgan fingerprint density at radius 1 is 1.00 bits per heavy atom. The van der Waals surface area contributed by atoms with Crippen LogP contribution in [0.3, 0.4) is 0 Å². The Morgan fingerprint density at radius 2 is 1.75 bits per heavy atom. The summed E-state index contributed by atoms with van der Waals surface area (Å²) in [5.41, 5.74) is -4.20. The molecule has 4 aromatic heterocycles. The maximum Gasteiger partial charge on any atom is 0.281 e. The fourth-order valence-corrected chi connectivity index (χ4v) is 14.4. The van der Waals surface area contributed by atoms with Crippen LogP contribution in [0.25, 0.3) is 22.3 Å². The summed E-state index contributed by atoms with van der Waals surface area (Å²) in [4.78, 5) is 34.8. The van der Waals surface area contributed by atoms with E-state index in [1.54, 1.807) is 37.0 Å². The number of aryl methyl sites for hydroxylation is 2. The van der Waals surface area contributed by atoms with E-state index in [4.69, 9.17) is 69.6 Å². The van der Waals surface area contributed by atoms with E-state index in [0.29, 0.717) is 44.7 Å². The molecule has 0 radical (unpaired) electrons. The lowest BCUT2D eigenvalue weighted by atomic mass is 10.1. The molecule has 1 aliphatic carbocycles. The molecule has 0 amide bonds. The van der Waals surface area contributed by atoms with Crippen molar-refractivity contribution in [3.05, 3.63) is 75.2 Å². The fraction of sp³-hybridized carbons (Fsp3) is 0.467. The van der Waals surface area contributed by atoms with Crippen molar-refractivity contribution in [2.75, 3.05) is 6.61 Å². The minimum absolute atomic E-state index is 0.203. The second kappa shape index (κ2) is 14.7. The van der Waals surface area contributed by atoms with Crippen LogP contribution in [0.2, 0.25) is 10.0 Å². The second-order valence-electron chi connectivity index (χ2n) is 12.9. The lowest BCUT2D eigenvalue weighted by molar-refractivity contribution is -0.0413. The number of alkyl halides is 1. The predicted molar refractivity (Wildman–Crippen MR) is 210 cm³/mol. The summed E-state index contributed by atoms with van der Waals surface area (Å²) < 4.78 is 54.0. The molecule has 0 N–H and O–H groups in total. The Bertz CT molecular complexity index is 2390. The van der Waals surface area contributed by atoms with Gasteiger partial charge in [0.2, 0.25) is 11.4 Å². The van der Waals surface area contributed by atoms with E-state index in [-0.39, 0.29) is 23.6 Å². The molecule has 3 fully saturated rings. The van der Waals surface area contributed by atoms with Gasteiger partial charge in [-0.1, -0.05) is 59.8 Å². The zero-order valence-electron chi connectivity index (χ0n) is 28.0. The third kappa shape index (κ3) is 7.28. The van der Waals surface area contributed by atoms with Crippen LogP contribution in [-0.2, 0) is 59.2 Å². The highest BCUT2D eigenvalue weighted by atomic mass is 35.5. The Balaban J connectivity index is 1.17. The Morgan fingerprint density at radius 3 is 2.55 bits per heavy atom. The zero-order valence-corrected chi connectivity index (χ0v) is 34.7. The molecular weight excluding hydrogens is 848 g/mol. The van der Waals surface area contributed by atoms with Crippen LogP contribution in [-0.4, -0.2) is 75.8 Å². The maximum atomic E-state index is 16.7. The molecule has 2 saturated heterocycles.